The van der Waals surface area contributed by atoms with E-state index < -0.39 is 0 Å². The summed E-state index contributed by atoms with van der Waals surface area (Å²) >= 11 is 0. The van der Waals surface area contributed by atoms with Gasteiger partial charge in [-0.05, 0) is 27.3 Å². The van der Waals surface area contributed by atoms with Crippen molar-refractivity contribution in [2.75, 3.05) is 26.7 Å². The molecule has 1 aliphatic rings. The lowest BCUT2D eigenvalue weighted by molar-refractivity contribution is 0.191. The van der Waals surface area contributed by atoms with Gasteiger partial charge in [-0.1, -0.05) is 0 Å². The van der Waals surface area contributed by atoms with E-state index in [2.05, 4.69) is 40.2 Å². The van der Waals surface area contributed by atoms with Crippen LogP contribution in [0.4, 0.5) is 0 Å². The number of β-amino-alcohol motifs (C(OH)–C–C–N with tert-alkyl or cyclic N) is 1. The molecule has 0 spiro atoms. The highest BCUT2D eigenvalue weighted by atomic mass is 16.3. The van der Waals surface area contributed by atoms with Gasteiger partial charge in [-0.3, -0.25) is 9.80 Å². The maximum absolute atomic E-state index is 9.12. The fourth-order valence-corrected chi connectivity index (χ4v) is 2.46. The SMILES string of the molecule is CC(C)N(C)Cc1ncn2c1CN(CCO)CCC2. The predicted molar refractivity (Wildman–Crippen MR) is 75.8 cm³/mol. The molecule has 0 saturated heterocycles. The van der Waals surface area contributed by atoms with Crippen LogP contribution in [0.25, 0.3) is 0 Å². The van der Waals surface area contributed by atoms with Gasteiger partial charge in [-0.15, -0.1) is 0 Å². The van der Waals surface area contributed by atoms with E-state index in [9.17, 15) is 0 Å². The minimum absolute atomic E-state index is 0.232. The Morgan fingerprint density at radius 3 is 2.89 bits per heavy atom. The molecule has 108 valence electrons. The van der Waals surface area contributed by atoms with Crippen LogP contribution >= 0.6 is 0 Å². The van der Waals surface area contributed by atoms with E-state index in [1.165, 1.54) is 11.4 Å². The van der Waals surface area contributed by atoms with Gasteiger partial charge in [0.15, 0.2) is 0 Å². The van der Waals surface area contributed by atoms with Gasteiger partial charge in [0.2, 0.25) is 0 Å². The summed E-state index contributed by atoms with van der Waals surface area (Å²) in [6, 6.07) is 0.525. The number of imidazole rings is 1. The van der Waals surface area contributed by atoms with Crippen LogP contribution in [-0.2, 0) is 19.6 Å². The third kappa shape index (κ3) is 3.55. The van der Waals surface area contributed by atoms with E-state index in [4.69, 9.17) is 5.11 Å². The van der Waals surface area contributed by atoms with Crippen molar-refractivity contribution < 1.29 is 5.11 Å². The molecule has 0 bridgehead atoms. The first kappa shape index (κ1) is 14.5. The largest absolute Gasteiger partial charge is 0.395 e. The van der Waals surface area contributed by atoms with Crippen molar-refractivity contribution in [2.45, 2.75) is 45.9 Å². The van der Waals surface area contributed by atoms with Crippen LogP contribution in [0.5, 0.6) is 0 Å². The Kier molecular flexibility index (Phi) is 4.96. The van der Waals surface area contributed by atoms with E-state index in [-0.39, 0.29) is 6.61 Å². The topological polar surface area (TPSA) is 44.5 Å². The molecule has 0 aromatic carbocycles. The number of hydrogen-bond acceptors (Lipinski definition) is 4. The molecular formula is C14H26N4O. The molecule has 0 saturated carbocycles. The smallest absolute Gasteiger partial charge is 0.0952 e. The van der Waals surface area contributed by atoms with Crippen molar-refractivity contribution in [1.82, 2.24) is 19.4 Å². The highest BCUT2D eigenvalue weighted by Crippen LogP contribution is 2.17. The fourth-order valence-electron chi connectivity index (χ4n) is 2.46. The third-order valence-electron chi connectivity index (χ3n) is 3.98. The van der Waals surface area contributed by atoms with Crippen molar-refractivity contribution >= 4 is 0 Å². The Morgan fingerprint density at radius 1 is 1.42 bits per heavy atom. The van der Waals surface area contributed by atoms with Crippen molar-refractivity contribution in [3.63, 3.8) is 0 Å². The summed E-state index contributed by atoms with van der Waals surface area (Å²) in [5.41, 5.74) is 2.50. The molecule has 0 amide bonds. The highest BCUT2D eigenvalue weighted by Gasteiger charge is 2.19. The number of nitrogens with zero attached hydrogens (tertiary/aromatic N) is 4. The Balaban J connectivity index is 2.13. The van der Waals surface area contributed by atoms with Gasteiger partial charge in [-0.25, -0.2) is 4.98 Å². The molecule has 0 atom stereocenters. The van der Waals surface area contributed by atoms with Crippen molar-refractivity contribution in [3.8, 4) is 0 Å². The summed E-state index contributed by atoms with van der Waals surface area (Å²) in [6.45, 7) is 9.28. The quantitative estimate of drug-likeness (QED) is 0.861. The number of aliphatic hydroxyl groups excluding tert-OH is 1. The second-order valence-electron chi connectivity index (χ2n) is 5.69. The maximum Gasteiger partial charge on any atom is 0.0952 e. The lowest BCUT2D eigenvalue weighted by Gasteiger charge is -2.22. The molecule has 0 radical (unpaired) electrons. The summed E-state index contributed by atoms with van der Waals surface area (Å²) in [5.74, 6) is 0. The van der Waals surface area contributed by atoms with Gasteiger partial charge in [0.25, 0.3) is 0 Å². The van der Waals surface area contributed by atoms with Gasteiger partial charge in [-0.2, -0.15) is 0 Å². The van der Waals surface area contributed by atoms with Crippen LogP contribution in [0.3, 0.4) is 0 Å². The third-order valence-corrected chi connectivity index (χ3v) is 3.98. The molecule has 5 nitrogen and oxygen atoms in total. The molecule has 0 aliphatic carbocycles. The van der Waals surface area contributed by atoms with Gasteiger partial charge in [0.05, 0.1) is 24.3 Å². The van der Waals surface area contributed by atoms with E-state index in [0.717, 1.165) is 39.1 Å². The van der Waals surface area contributed by atoms with E-state index >= 15 is 0 Å². The molecule has 2 heterocycles. The van der Waals surface area contributed by atoms with E-state index in [1.807, 2.05) is 6.33 Å². The number of aliphatic hydroxyl groups is 1. The Labute approximate surface area is 115 Å². The van der Waals surface area contributed by atoms with E-state index in [1.54, 1.807) is 0 Å². The van der Waals surface area contributed by atoms with Crippen molar-refractivity contribution in [2.24, 2.45) is 0 Å². The average Bonchev–Trinajstić information content (AvgIpc) is 2.61. The summed E-state index contributed by atoms with van der Waals surface area (Å²) < 4.78 is 2.28. The number of rotatable bonds is 5. The van der Waals surface area contributed by atoms with Gasteiger partial charge < -0.3 is 9.67 Å². The number of fused-ring (bicyclic) bond motifs is 1. The van der Waals surface area contributed by atoms with Crippen LogP contribution in [0, 0.1) is 0 Å². The molecule has 1 aromatic rings. The van der Waals surface area contributed by atoms with Crippen molar-refractivity contribution in [3.05, 3.63) is 17.7 Å². The standard InChI is InChI=1S/C14H26N4O/c1-12(2)16(3)9-13-14-10-17(7-8-19)5-4-6-18(14)11-15-13/h11-12,19H,4-10H2,1-3H3. The molecule has 1 aromatic heterocycles. The van der Waals surface area contributed by atoms with Gasteiger partial charge >= 0.3 is 0 Å². The van der Waals surface area contributed by atoms with Gasteiger partial charge in [0, 0.05) is 38.8 Å². The van der Waals surface area contributed by atoms with E-state index in [0.29, 0.717) is 6.04 Å². The Bertz CT molecular complexity index is 402. The Morgan fingerprint density at radius 2 is 2.21 bits per heavy atom. The lowest BCUT2D eigenvalue weighted by atomic mass is 10.2. The minimum Gasteiger partial charge on any atom is -0.395 e. The monoisotopic (exact) mass is 266 g/mol. The first-order valence-electron chi connectivity index (χ1n) is 7.18. The van der Waals surface area contributed by atoms with Crippen molar-refractivity contribution in [1.29, 1.82) is 0 Å². The van der Waals surface area contributed by atoms with Crippen LogP contribution in [0.1, 0.15) is 31.7 Å². The zero-order valence-electron chi connectivity index (χ0n) is 12.3. The summed E-state index contributed by atoms with van der Waals surface area (Å²) in [5, 5.41) is 9.12. The maximum atomic E-state index is 9.12. The Hall–Kier alpha value is -0.910. The van der Waals surface area contributed by atoms with Crippen LogP contribution < -0.4 is 0 Å². The first-order valence-corrected chi connectivity index (χ1v) is 7.18. The lowest BCUT2D eigenvalue weighted by Crippen LogP contribution is -2.29. The number of aryl methyl sites for hydroxylation is 1. The number of aromatic nitrogens is 2. The van der Waals surface area contributed by atoms with Crippen LogP contribution in [0.2, 0.25) is 0 Å². The average molecular weight is 266 g/mol. The molecule has 1 N–H and O–H groups in total. The zero-order valence-corrected chi connectivity index (χ0v) is 12.3. The van der Waals surface area contributed by atoms with Crippen LogP contribution in [-0.4, -0.2) is 57.2 Å². The molecule has 0 unspecified atom stereocenters. The predicted octanol–water partition coefficient (Wildman–Crippen LogP) is 0.921. The second kappa shape index (κ2) is 6.50. The van der Waals surface area contributed by atoms with Crippen LogP contribution in [0.15, 0.2) is 6.33 Å². The minimum atomic E-state index is 0.232. The van der Waals surface area contributed by atoms with Gasteiger partial charge in [0.1, 0.15) is 0 Å². The molecule has 19 heavy (non-hydrogen) atoms. The summed E-state index contributed by atoms with van der Waals surface area (Å²) in [6.07, 6.45) is 3.10. The summed E-state index contributed by atoms with van der Waals surface area (Å²) in [7, 11) is 2.14. The molecule has 5 heteroatoms. The molecule has 0 fully saturated rings. The zero-order chi connectivity index (χ0) is 13.8. The second-order valence-corrected chi connectivity index (χ2v) is 5.69. The molecular weight excluding hydrogens is 240 g/mol. The highest BCUT2D eigenvalue weighted by molar-refractivity contribution is 5.14. The number of hydrogen-bond donors (Lipinski definition) is 1. The first-order chi connectivity index (χ1) is 9.11. The fraction of sp³-hybridized carbons (Fsp3) is 0.786. The normalized spacial score (nSPS) is 16.9. The summed E-state index contributed by atoms with van der Waals surface area (Å²) in [4.78, 5) is 9.22. The molecule has 2 rings (SSSR count). The molecule has 1 aliphatic heterocycles.